The van der Waals surface area contributed by atoms with Gasteiger partial charge in [-0.3, -0.25) is 4.79 Å². The van der Waals surface area contributed by atoms with E-state index in [2.05, 4.69) is 14.8 Å². The maximum Gasteiger partial charge on any atom is 0.430 e. The predicted octanol–water partition coefficient (Wildman–Crippen LogP) is 2.71. The van der Waals surface area contributed by atoms with Crippen LogP contribution in [-0.4, -0.2) is 37.8 Å². The van der Waals surface area contributed by atoms with Gasteiger partial charge in [-0.15, -0.1) is 0 Å². The molecule has 0 aliphatic carbocycles. The molecule has 0 heterocycles. The summed E-state index contributed by atoms with van der Waals surface area (Å²) in [6.07, 6.45) is -2.71. The highest BCUT2D eigenvalue weighted by Crippen LogP contribution is 2.42. The van der Waals surface area contributed by atoms with Crippen molar-refractivity contribution in [3.8, 4) is 0 Å². The van der Waals surface area contributed by atoms with Crippen LogP contribution in [0, 0.1) is 0 Å². The lowest BCUT2D eigenvalue weighted by molar-refractivity contribution is -0.265. The quantitative estimate of drug-likeness (QED) is 0.601. The van der Waals surface area contributed by atoms with Gasteiger partial charge in [-0.1, -0.05) is 36.4 Å². The van der Waals surface area contributed by atoms with Gasteiger partial charge >= 0.3 is 12.1 Å². The van der Waals surface area contributed by atoms with Crippen LogP contribution in [0.15, 0.2) is 42.5 Å². The van der Waals surface area contributed by atoms with Crippen molar-refractivity contribution in [1.29, 1.82) is 0 Å². The zero-order chi connectivity index (χ0) is 19.1. The third-order valence-electron chi connectivity index (χ3n) is 3.37. The molecular weight excluding hydrogens is 339 g/mol. The molecule has 0 aliphatic heterocycles. The van der Waals surface area contributed by atoms with E-state index in [0.29, 0.717) is 0 Å². The number of carbonyl (C=O) groups excluding carboxylic acids is 2. The Hall–Kier alpha value is -2.35. The fourth-order valence-electron chi connectivity index (χ4n) is 2.19. The lowest BCUT2D eigenvalue weighted by Crippen LogP contribution is -2.57. The molecule has 0 bridgehead atoms. The first-order valence-electron chi connectivity index (χ1n) is 7.52. The molecule has 1 aromatic rings. The maximum atomic E-state index is 13.7. The van der Waals surface area contributed by atoms with Gasteiger partial charge in [0.15, 0.2) is 0 Å². The van der Waals surface area contributed by atoms with Crippen molar-refractivity contribution >= 4 is 11.9 Å². The van der Waals surface area contributed by atoms with Crippen LogP contribution in [0.5, 0.6) is 0 Å². The van der Waals surface area contributed by atoms with E-state index in [1.807, 2.05) is 0 Å². The Morgan fingerprint density at radius 3 is 2.32 bits per heavy atom. The molecule has 5 nitrogen and oxygen atoms in total. The second-order valence-electron chi connectivity index (χ2n) is 5.12. The number of amides is 1. The maximum absolute atomic E-state index is 13.7. The number of rotatable bonds is 7. The third kappa shape index (κ3) is 4.82. The summed E-state index contributed by atoms with van der Waals surface area (Å²) in [5.74, 6) is -2.03. The van der Waals surface area contributed by atoms with Gasteiger partial charge in [0.25, 0.3) is 11.5 Å². The molecule has 2 atom stereocenters. The molecule has 138 valence electrons. The van der Waals surface area contributed by atoms with E-state index in [1.165, 1.54) is 31.2 Å². The van der Waals surface area contributed by atoms with Crippen LogP contribution in [0.2, 0.25) is 0 Å². The SMILES string of the molecule is CCOC(=O)/C=C/C(C)NC(=O)C(OC)(c1ccccc1)C(F)(F)F. The van der Waals surface area contributed by atoms with Crippen LogP contribution in [0.3, 0.4) is 0 Å². The Bertz CT molecular complexity index is 616. The molecule has 0 aromatic heterocycles. The summed E-state index contributed by atoms with van der Waals surface area (Å²) in [5, 5.41) is 2.20. The minimum atomic E-state index is -4.99. The number of methoxy groups -OCH3 is 1. The minimum absolute atomic E-state index is 0.165. The van der Waals surface area contributed by atoms with Gasteiger partial charge in [0.2, 0.25) is 0 Å². The van der Waals surface area contributed by atoms with E-state index in [4.69, 9.17) is 0 Å². The molecule has 0 aliphatic rings. The third-order valence-corrected chi connectivity index (χ3v) is 3.37. The number of hydrogen-bond acceptors (Lipinski definition) is 4. The number of nitrogens with one attached hydrogen (secondary N) is 1. The number of halogens is 3. The number of hydrogen-bond donors (Lipinski definition) is 1. The van der Waals surface area contributed by atoms with Crippen molar-refractivity contribution in [3.63, 3.8) is 0 Å². The van der Waals surface area contributed by atoms with E-state index in [9.17, 15) is 22.8 Å². The Kier molecular flexibility index (Phi) is 7.17. The molecule has 8 heteroatoms. The molecule has 2 unspecified atom stereocenters. The van der Waals surface area contributed by atoms with Crippen LogP contribution in [0.4, 0.5) is 13.2 Å². The summed E-state index contributed by atoms with van der Waals surface area (Å²) >= 11 is 0. The topological polar surface area (TPSA) is 64.6 Å². The first kappa shape index (κ1) is 20.7. The minimum Gasteiger partial charge on any atom is -0.463 e. The zero-order valence-corrected chi connectivity index (χ0v) is 14.1. The second kappa shape index (κ2) is 8.66. The van der Waals surface area contributed by atoms with Gasteiger partial charge in [-0.2, -0.15) is 13.2 Å². The van der Waals surface area contributed by atoms with Crippen LogP contribution in [0.1, 0.15) is 19.4 Å². The van der Waals surface area contributed by atoms with E-state index in [-0.39, 0.29) is 12.2 Å². The molecule has 25 heavy (non-hydrogen) atoms. The summed E-state index contributed by atoms with van der Waals surface area (Å²) < 4.78 is 50.4. The normalized spacial score (nSPS) is 15.4. The van der Waals surface area contributed by atoms with E-state index in [1.54, 1.807) is 6.92 Å². The average molecular weight is 359 g/mol. The van der Waals surface area contributed by atoms with Crippen molar-refractivity contribution in [2.75, 3.05) is 13.7 Å². The zero-order valence-electron chi connectivity index (χ0n) is 14.1. The van der Waals surface area contributed by atoms with Crippen molar-refractivity contribution in [1.82, 2.24) is 5.32 Å². The molecule has 0 spiro atoms. The lowest BCUT2D eigenvalue weighted by atomic mass is 9.91. The number of ether oxygens (including phenoxy) is 2. The van der Waals surface area contributed by atoms with Gasteiger partial charge in [-0.05, 0) is 13.8 Å². The van der Waals surface area contributed by atoms with E-state index < -0.39 is 29.7 Å². The first-order valence-corrected chi connectivity index (χ1v) is 7.52. The smallest absolute Gasteiger partial charge is 0.430 e. The molecule has 0 radical (unpaired) electrons. The molecule has 1 rings (SSSR count). The van der Waals surface area contributed by atoms with Crippen LogP contribution >= 0.6 is 0 Å². The largest absolute Gasteiger partial charge is 0.463 e. The van der Waals surface area contributed by atoms with Gasteiger partial charge < -0.3 is 14.8 Å². The molecule has 1 aromatic carbocycles. The van der Waals surface area contributed by atoms with Crippen LogP contribution < -0.4 is 5.32 Å². The van der Waals surface area contributed by atoms with Gasteiger partial charge in [-0.25, -0.2) is 4.79 Å². The molecular formula is C17H20F3NO4. The molecule has 0 saturated carbocycles. The highest BCUT2D eigenvalue weighted by Gasteiger charge is 2.62. The van der Waals surface area contributed by atoms with Gasteiger partial charge in [0.05, 0.1) is 6.61 Å². The van der Waals surface area contributed by atoms with E-state index >= 15 is 0 Å². The second-order valence-corrected chi connectivity index (χ2v) is 5.12. The highest BCUT2D eigenvalue weighted by molar-refractivity contribution is 5.88. The standard InChI is InChI=1S/C17H20F3NO4/c1-4-25-14(22)11-10-12(2)21-15(23)16(24-3,17(18,19)20)13-8-6-5-7-9-13/h5-12H,4H2,1-3H3,(H,21,23)/b11-10+. The first-order chi connectivity index (χ1) is 11.7. The van der Waals surface area contributed by atoms with Gasteiger partial charge in [0, 0.05) is 24.8 Å². The van der Waals surface area contributed by atoms with Crippen molar-refractivity contribution in [2.24, 2.45) is 0 Å². The number of alkyl halides is 3. The molecule has 0 fully saturated rings. The average Bonchev–Trinajstić information content (AvgIpc) is 2.54. The number of carbonyl (C=O) groups is 2. The van der Waals surface area contributed by atoms with Gasteiger partial charge in [0.1, 0.15) is 0 Å². The Morgan fingerprint density at radius 1 is 1.24 bits per heavy atom. The van der Waals surface area contributed by atoms with Crippen molar-refractivity contribution in [3.05, 3.63) is 48.0 Å². The predicted molar refractivity (Wildman–Crippen MR) is 84.6 cm³/mol. The number of esters is 1. The molecule has 1 amide bonds. The van der Waals surface area contributed by atoms with Crippen molar-refractivity contribution < 1.29 is 32.2 Å². The Balaban J connectivity index is 3.08. The summed E-state index contributed by atoms with van der Waals surface area (Å²) in [7, 11) is 0.819. The summed E-state index contributed by atoms with van der Waals surface area (Å²) in [6.45, 7) is 3.21. The summed E-state index contributed by atoms with van der Waals surface area (Å²) in [6, 6.07) is 5.77. The monoisotopic (exact) mass is 359 g/mol. The van der Waals surface area contributed by atoms with Crippen molar-refractivity contribution in [2.45, 2.75) is 31.7 Å². The number of benzene rings is 1. The Morgan fingerprint density at radius 2 is 1.84 bits per heavy atom. The van der Waals surface area contributed by atoms with Crippen LogP contribution in [0.25, 0.3) is 0 Å². The Labute approximate surface area is 143 Å². The fourth-order valence-corrected chi connectivity index (χ4v) is 2.19. The highest BCUT2D eigenvalue weighted by atomic mass is 19.4. The molecule has 1 N–H and O–H groups in total. The van der Waals surface area contributed by atoms with Crippen LogP contribution in [-0.2, 0) is 24.7 Å². The van der Waals surface area contributed by atoms with E-state index in [0.717, 1.165) is 25.3 Å². The fraction of sp³-hybridized carbons (Fsp3) is 0.412. The molecule has 0 saturated heterocycles. The summed E-state index contributed by atoms with van der Waals surface area (Å²) in [5.41, 5.74) is -3.50. The summed E-state index contributed by atoms with van der Waals surface area (Å²) in [4.78, 5) is 23.7. The lowest BCUT2D eigenvalue weighted by Gasteiger charge is -2.34.